The van der Waals surface area contributed by atoms with Gasteiger partial charge in [0.2, 0.25) is 10.0 Å². The summed E-state index contributed by atoms with van der Waals surface area (Å²) in [7, 11) is -3.19. The van der Waals surface area contributed by atoms with E-state index in [1.807, 2.05) is 0 Å². The molecular formula is C13H24BrNO3S. The average molecular weight is 354 g/mol. The first-order chi connectivity index (χ1) is 9.13. The largest absolute Gasteiger partial charge is 0.377 e. The first-order valence-corrected chi connectivity index (χ1v) is 10.0. The predicted molar refractivity (Wildman–Crippen MR) is 80.1 cm³/mol. The van der Waals surface area contributed by atoms with Crippen LogP contribution in [0.5, 0.6) is 0 Å². The van der Waals surface area contributed by atoms with Crippen molar-refractivity contribution in [3.05, 3.63) is 0 Å². The zero-order valence-electron chi connectivity index (χ0n) is 11.4. The molecule has 0 aromatic rings. The predicted octanol–water partition coefficient (Wildman–Crippen LogP) is 2.52. The second-order valence-electron chi connectivity index (χ2n) is 5.51. The monoisotopic (exact) mass is 353 g/mol. The number of hydrogen-bond acceptors (Lipinski definition) is 3. The van der Waals surface area contributed by atoms with Gasteiger partial charge in [-0.15, -0.1) is 0 Å². The van der Waals surface area contributed by atoms with Crippen LogP contribution >= 0.6 is 15.9 Å². The third-order valence-corrected chi connectivity index (χ3v) is 6.41. The molecule has 1 aliphatic carbocycles. The van der Waals surface area contributed by atoms with E-state index in [1.165, 1.54) is 6.42 Å². The fraction of sp³-hybridized carbons (Fsp3) is 1.00. The van der Waals surface area contributed by atoms with E-state index in [4.69, 9.17) is 4.74 Å². The highest BCUT2D eigenvalue weighted by molar-refractivity contribution is 9.09. The molecule has 0 N–H and O–H groups in total. The summed E-state index contributed by atoms with van der Waals surface area (Å²) in [5, 5.41) is 0.703. The van der Waals surface area contributed by atoms with Crippen molar-refractivity contribution in [2.45, 2.75) is 57.1 Å². The van der Waals surface area contributed by atoms with Gasteiger partial charge in [0, 0.05) is 24.5 Å². The summed E-state index contributed by atoms with van der Waals surface area (Å²) in [6, 6.07) is 0.206. The molecule has 112 valence electrons. The first kappa shape index (κ1) is 15.7. The van der Waals surface area contributed by atoms with Gasteiger partial charge in [-0.05, 0) is 25.7 Å². The van der Waals surface area contributed by atoms with E-state index in [0.717, 1.165) is 38.5 Å². The van der Waals surface area contributed by atoms with Gasteiger partial charge in [0.25, 0.3) is 0 Å². The average Bonchev–Trinajstić information content (AvgIpc) is 2.89. The number of halogens is 1. The van der Waals surface area contributed by atoms with Gasteiger partial charge in [-0.2, -0.15) is 4.31 Å². The summed E-state index contributed by atoms with van der Waals surface area (Å²) in [5.41, 5.74) is 0. The Labute approximate surface area is 125 Å². The van der Waals surface area contributed by atoms with Crippen LogP contribution in [0.15, 0.2) is 0 Å². The van der Waals surface area contributed by atoms with Crippen molar-refractivity contribution in [2.75, 3.05) is 24.2 Å². The molecule has 6 heteroatoms. The Kier molecular flexibility index (Phi) is 6.11. The van der Waals surface area contributed by atoms with Crippen LogP contribution in [0.25, 0.3) is 0 Å². The molecule has 2 rings (SSSR count). The van der Waals surface area contributed by atoms with Gasteiger partial charge in [0.15, 0.2) is 0 Å². The molecule has 1 saturated carbocycles. The maximum atomic E-state index is 12.6. The van der Waals surface area contributed by atoms with Gasteiger partial charge in [-0.3, -0.25) is 0 Å². The molecule has 1 heterocycles. The van der Waals surface area contributed by atoms with Gasteiger partial charge in [0.05, 0.1) is 11.9 Å². The standard InChI is InChI=1S/C13H24BrNO3S/c14-8-9-15(12-5-2-1-3-6-12)19(16,17)11-13-7-4-10-18-13/h12-13H,1-11H2. The molecule has 1 saturated heterocycles. The molecule has 4 nitrogen and oxygen atoms in total. The minimum absolute atomic E-state index is 0.0913. The molecule has 0 amide bonds. The number of sulfonamides is 1. The van der Waals surface area contributed by atoms with E-state index >= 15 is 0 Å². The van der Waals surface area contributed by atoms with E-state index in [9.17, 15) is 8.42 Å². The molecule has 2 aliphatic rings. The third-order valence-electron chi connectivity index (χ3n) is 4.06. The third kappa shape index (κ3) is 4.41. The molecule has 1 atom stereocenters. The number of ether oxygens (including phenoxy) is 1. The lowest BCUT2D eigenvalue weighted by molar-refractivity contribution is 0.125. The molecule has 19 heavy (non-hydrogen) atoms. The van der Waals surface area contributed by atoms with Crippen LogP contribution in [-0.2, 0) is 14.8 Å². The number of hydrogen-bond donors (Lipinski definition) is 0. The molecule has 1 aliphatic heterocycles. The van der Waals surface area contributed by atoms with Gasteiger partial charge < -0.3 is 4.74 Å². The van der Waals surface area contributed by atoms with Gasteiger partial charge >= 0.3 is 0 Å². The molecule has 0 aromatic heterocycles. The van der Waals surface area contributed by atoms with E-state index in [0.29, 0.717) is 18.5 Å². The molecular weight excluding hydrogens is 330 g/mol. The summed E-state index contributed by atoms with van der Waals surface area (Å²) >= 11 is 3.38. The van der Waals surface area contributed by atoms with E-state index in [-0.39, 0.29) is 17.9 Å². The van der Waals surface area contributed by atoms with Gasteiger partial charge in [0.1, 0.15) is 0 Å². The summed E-state index contributed by atoms with van der Waals surface area (Å²) < 4.78 is 32.4. The highest BCUT2D eigenvalue weighted by atomic mass is 79.9. The van der Waals surface area contributed by atoms with E-state index in [1.54, 1.807) is 4.31 Å². The molecule has 0 aromatic carbocycles. The summed E-state index contributed by atoms with van der Waals surface area (Å²) in [4.78, 5) is 0. The van der Waals surface area contributed by atoms with Gasteiger partial charge in [-0.1, -0.05) is 35.2 Å². The lowest BCUT2D eigenvalue weighted by atomic mass is 9.95. The van der Waals surface area contributed by atoms with Crippen molar-refractivity contribution in [1.82, 2.24) is 4.31 Å². The first-order valence-electron chi connectivity index (χ1n) is 7.30. The van der Waals surface area contributed by atoms with Crippen molar-refractivity contribution in [3.8, 4) is 0 Å². The molecule has 1 unspecified atom stereocenters. The number of nitrogens with zero attached hydrogens (tertiary/aromatic N) is 1. The fourth-order valence-corrected chi connectivity index (χ4v) is 5.68. The Bertz CT molecular complexity index is 362. The van der Waals surface area contributed by atoms with Crippen LogP contribution in [-0.4, -0.2) is 49.1 Å². The Hall–Kier alpha value is 0.350. The lowest BCUT2D eigenvalue weighted by Crippen LogP contribution is -2.45. The SMILES string of the molecule is O=S(=O)(CC1CCCO1)N(CCBr)C1CCCCC1. The Balaban J connectivity index is 2.02. The second kappa shape index (κ2) is 7.38. The Morgan fingerprint density at radius 2 is 1.84 bits per heavy atom. The van der Waals surface area contributed by atoms with Crippen LogP contribution < -0.4 is 0 Å². The highest BCUT2D eigenvalue weighted by Crippen LogP contribution is 2.26. The Morgan fingerprint density at radius 3 is 2.42 bits per heavy atom. The lowest BCUT2D eigenvalue weighted by Gasteiger charge is -2.33. The number of rotatable bonds is 6. The van der Waals surface area contributed by atoms with Crippen LogP contribution in [0, 0.1) is 0 Å². The summed E-state index contributed by atoms with van der Waals surface area (Å²) in [6.45, 7) is 1.29. The zero-order valence-corrected chi connectivity index (χ0v) is 13.8. The van der Waals surface area contributed by atoms with Crippen LogP contribution in [0.4, 0.5) is 0 Å². The van der Waals surface area contributed by atoms with Crippen molar-refractivity contribution in [1.29, 1.82) is 0 Å². The fourth-order valence-electron chi connectivity index (χ4n) is 3.11. The zero-order chi connectivity index (χ0) is 13.7. The van der Waals surface area contributed by atoms with Crippen molar-refractivity contribution in [2.24, 2.45) is 0 Å². The summed E-state index contributed by atoms with van der Waals surface area (Å²) in [5.74, 6) is 0.163. The minimum Gasteiger partial charge on any atom is -0.377 e. The maximum absolute atomic E-state index is 12.6. The maximum Gasteiger partial charge on any atom is 0.216 e. The van der Waals surface area contributed by atoms with Crippen molar-refractivity contribution < 1.29 is 13.2 Å². The topological polar surface area (TPSA) is 46.6 Å². The molecule has 2 fully saturated rings. The molecule has 0 radical (unpaired) electrons. The van der Waals surface area contributed by atoms with Crippen molar-refractivity contribution >= 4 is 26.0 Å². The van der Waals surface area contributed by atoms with Crippen molar-refractivity contribution in [3.63, 3.8) is 0 Å². The van der Waals surface area contributed by atoms with Crippen LogP contribution in [0.3, 0.4) is 0 Å². The molecule has 0 bridgehead atoms. The van der Waals surface area contributed by atoms with E-state index < -0.39 is 10.0 Å². The quantitative estimate of drug-likeness (QED) is 0.689. The molecule has 0 spiro atoms. The summed E-state index contributed by atoms with van der Waals surface area (Å²) in [6.07, 6.45) is 7.35. The second-order valence-corrected chi connectivity index (χ2v) is 8.26. The highest BCUT2D eigenvalue weighted by Gasteiger charge is 2.33. The van der Waals surface area contributed by atoms with E-state index in [2.05, 4.69) is 15.9 Å². The smallest absolute Gasteiger partial charge is 0.216 e. The van der Waals surface area contributed by atoms with Gasteiger partial charge in [-0.25, -0.2) is 8.42 Å². The minimum atomic E-state index is -3.19. The van der Waals surface area contributed by atoms with Crippen LogP contribution in [0.1, 0.15) is 44.9 Å². The Morgan fingerprint density at radius 1 is 1.11 bits per heavy atom. The number of alkyl halides is 1. The normalized spacial score (nSPS) is 26.1. The van der Waals surface area contributed by atoms with Crippen LogP contribution in [0.2, 0.25) is 0 Å².